The molecule has 2 amide bonds. The Labute approximate surface area is 173 Å². The molecule has 0 spiro atoms. The van der Waals surface area contributed by atoms with Crippen molar-refractivity contribution in [3.8, 4) is 5.75 Å². The molecule has 3 rings (SSSR count). The lowest BCUT2D eigenvalue weighted by molar-refractivity contribution is -0.123. The Morgan fingerprint density at radius 1 is 1.21 bits per heavy atom. The number of ether oxygens (including phenoxy) is 1. The number of rotatable bonds is 6. The zero-order valence-corrected chi connectivity index (χ0v) is 16.7. The molecule has 0 fully saturated rings. The molecule has 7 nitrogen and oxygen atoms in total. The minimum Gasteiger partial charge on any atom is -0.484 e. The second-order valence-electron chi connectivity index (χ2n) is 6.29. The summed E-state index contributed by atoms with van der Waals surface area (Å²) < 4.78 is 5.47. The molecule has 1 aliphatic rings. The van der Waals surface area contributed by atoms with Crippen LogP contribution in [-0.2, 0) is 9.59 Å². The van der Waals surface area contributed by atoms with Gasteiger partial charge >= 0.3 is 0 Å². The minimum atomic E-state index is -0.376. The van der Waals surface area contributed by atoms with Gasteiger partial charge in [-0.05, 0) is 55.3 Å². The van der Waals surface area contributed by atoms with Crippen molar-refractivity contribution in [3.63, 3.8) is 0 Å². The molecule has 29 heavy (non-hydrogen) atoms. The molecule has 2 aromatic rings. The van der Waals surface area contributed by atoms with E-state index >= 15 is 0 Å². The van der Waals surface area contributed by atoms with Gasteiger partial charge in [-0.1, -0.05) is 35.9 Å². The number of hydrazone groups is 2. The van der Waals surface area contributed by atoms with Crippen LogP contribution < -0.4 is 15.6 Å². The maximum atomic E-state index is 11.9. The quantitative estimate of drug-likeness (QED) is 0.435. The first-order valence-corrected chi connectivity index (χ1v) is 9.19. The molecule has 0 unspecified atom stereocenters. The van der Waals surface area contributed by atoms with E-state index in [2.05, 4.69) is 21.1 Å². The molecule has 0 saturated heterocycles. The maximum absolute atomic E-state index is 11.9. The van der Waals surface area contributed by atoms with Crippen molar-refractivity contribution in [2.24, 2.45) is 10.2 Å². The smallest absolute Gasteiger partial charge is 0.277 e. The van der Waals surface area contributed by atoms with E-state index in [9.17, 15) is 9.59 Å². The van der Waals surface area contributed by atoms with E-state index in [4.69, 9.17) is 16.3 Å². The number of amides is 2. The summed E-state index contributed by atoms with van der Waals surface area (Å²) in [7, 11) is 0. The van der Waals surface area contributed by atoms with Crippen LogP contribution in [0.5, 0.6) is 5.75 Å². The van der Waals surface area contributed by atoms with Crippen LogP contribution in [0.2, 0.25) is 5.02 Å². The van der Waals surface area contributed by atoms with Crippen molar-refractivity contribution < 1.29 is 14.3 Å². The van der Waals surface area contributed by atoms with E-state index < -0.39 is 0 Å². The molecule has 1 heterocycles. The van der Waals surface area contributed by atoms with Crippen LogP contribution in [0.25, 0.3) is 6.08 Å². The number of nitrogens with zero attached hydrogens (tertiary/aromatic N) is 2. The third-order valence-corrected chi connectivity index (χ3v) is 4.38. The number of hydrogen-bond acceptors (Lipinski definition) is 5. The normalized spacial score (nSPS) is 15.1. The summed E-state index contributed by atoms with van der Waals surface area (Å²) in [4.78, 5) is 23.6. The number of benzene rings is 2. The first-order chi connectivity index (χ1) is 13.9. The SMILES string of the molecule is CC1=NNC(=O)/C1=C/c1ccc(OCC(=O)N/N=C(/C)c2ccc(Cl)cc2)cc1. The average Bonchev–Trinajstić information content (AvgIpc) is 3.04. The molecule has 0 bridgehead atoms. The molecule has 0 aliphatic carbocycles. The second kappa shape index (κ2) is 9.16. The molecule has 8 heteroatoms. The highest BCUT2D eigenvalue weighted by Gasteiger charge is 2.18. The van der Waals surface area contributed by atoms with Crippen LogP contribution in [0.15, 0.2) is 64.3 Å². The molecule has 1 aliphatic heterocycles. The summed E-state index contributed by atoms with van der Waals surface area (Å²) in [6.07, 6.45) is 1.74. The van der Waals surface area contributed by atoms with E-state index in [1.165, 1.54) is 0 Å². The van der Waals surface area contributed by atoms with Crippen molar-refractivity contribution in [2.75, 3.05) is 6.61 Å². The summed E-state index contributed by atoms with van der Waals surface area (Å²) in [5.74, 6) is -0.0742. The van der Waals surface area contributed by atoms with Gasteiger partial charge in [-0.3, -0.25) is 9.59 Å². The number of nitrogens with one attached hydrogen (secondary N) is 2. The van der Waals surface area contributed by atoms with Crippen LogP contribution in [0.4, 0.5) is 0 Å². The topological polar surface area (TPSA) is 92.1 Å². The highest BCUT2D eigenvalue weighted by molar-refractivity contribution is 6.30. The summed E-state index contributed by atoms with van der Waals surface area (Å²) in [5, 5.41) is 8.57. The van der Waals surface area contributed by atoms with Gasteiger partial charge in [0.15, 0.2) is 6.61 Å². The Kier molecular flexibility index (Phi) is 6.41. The third kappa shape index (κ3) is 5.52. The van der Waals surface area contributed by atoms with Crippen LogP contribution in [0.3, 0.4) is 0 Å². The monoisotopic (exact) mass is 410 g/mol. The molecule has 0 radical (unpaired) electrons. The molecule has 148 valence electrons. The van der Waals surface area contributed by atoms with Gasteiger partial charge in [0.2, 0.25) is 0 Å². The summed E-state index contributed by atoms with van der Waals surface area (Å²) in [6, 6.07) is 14.2. The Morgan fingerprint density at radius 3 is 2.52 bits per heavy atom. The first kappa shape index (κ1) is 20.3. The Morgan fingerprint density at radius 2 is 1.90 bits per heavy atom. The van der Waals surface area contributed by atoms with E-state index in [1.54, 1.807) is 56.3 Å². The lowest BCUT2D eigenvalue weighted by Crippen LogP contribution is -2.25. The fourth-order valence-corrected chi connectivity index (χ4v) is 2.63. The van der Waals surface area contributed by atoms with Gasteiger partial charge in [-0.2, -0.15) is 10.2 Å². The largest absolute Gasteiger partial charge is 0.484 e. The van der Waals surface area contributed by atoms with E-state index in [0.717, 1.165) is 11.1 Å². The molecular formula is C21H19ClN4O3. The number of carbonyl (C=O) groups excluding carboxylic acids is 2. The van der Waals surface area contributed by atoms with Gasteiger partial charge in [0, 0.05) is 5.02 Å². The predicted molar refractivity (Wildman–Crippen MR) is 113 cm³/mol. The van der Waals surface area contributed by atoms with Gasteiger partial charge in [-0.15, -0.1) is 0 Å². The highest BCUT2D eigenvalue weighted by atomic mass is 35.5. The first-order valence-electron chi connectivity index (χ1n) is 8.81. The number of carbonyl (C=O) groups is 2. The Bertz CT molecular complexity index is 1010. The van der Waals surface area contributed by atoms with Gasteiger partial charge in [0.05, 0.1) is 17.0 Å². The van der Waals surface area contributed by atoms with Crippen LogP contribution in [-0.4, -0.2) is 29.8 Å². The molecule has 0 saturated carbocycles. The van der Waals surface area contributed by atoms with E-state index in [1.807, 2.05) is 12.1 Å². The van der Waals surface area contributed by atoms with Crippen molar-refractivity contribution >= 4 is 40.9 Å². The van der Waals surface area contributed by atoms with Gasteiger partial charge < -0.3 is 4.74 Å². The zero-order chi connectivity index (χ0) is 20.8. The van der Waals surface area contributed by atoms with Crippen LogP contribution >= 0.6 is 11.6 Å². The summed E-state index contributed by atoms with van der Waals surface area (Å²) >= 11 is 5.86. The second-order valence-corrected chi connectivity index (χ2v) is 6.73. The Balaban J connectivity index is 1.52. The third-order valence-electron chi connectivity index (χ3n) is 4.13. The summed E-state index contributed by atoms with van der Waals surface area (Å²) in [6.45, 7) is 3.37. The summed E-state index contributed by atoms with van der Waals surface area (Å²) in [5.41, 5.74) is 8.37. The average molecular weight is 411 g/mol. The Hall–Kier alpha value is -3.45. The molecule has 2 aromatic carbocycles. The number of hydrogen-bond donors (Lipinski definition) is 2. The van der Waals surface area contributed by atoms with Crippen molar-refractivity contribution in [2.45, 2.75) is 13.8 Å². The van der Waals surface area contributed by atoms with Crippen molar-refractivity contribution in [1.82, 2.24) is 10.9 Å². The zero-order valence-electron chi connectivity index (χ0n) is 15.9. The van der Waals surface area contributed by atoms with E-state index in [-0.39, 0.29) is 18.4 Å². The number of halogens is 1. The molecular weight excluding hydrogens is 392 g/mol. The van der Waals surface area contributed by atoms with E-state index in [0.29, 0.717) is 27.8 Å². The molecule has 0 aromatic heterocycles. The predicted octanol–water partition coefficient (Wildman–Crippen LogP) is 3.15. The van der Waals surface area contributed by atoms with Gasteiger partial charge in [0.1, 0.15) is 5.75 Å². The van der Waals surface area contributed by atoms with Gasteiger partial charge in [0.25, 0.3) is 11.8 Å². The van der Waals surface area contributed by atoms with Gasteiger partial charge in [-0.25, -0.2) is 10.9 Å². The molecule has 0 atom stereocenters. The minimum absolute atomic E-state index is 0.175. The molecule has 2 N–H and O–H groups in total. The fourth-order valence-electron chi connectivity index (χ4n) is 2.50. The lowest BCUT2D eigenvalue weighted by atomic mass is 10.1. The van der Waals surface area contributed by atoms with Crippen LogP contribution in [0.1, 0.15) is 25.0 Å². The van der Waals surface area contributed by atoms with Crippen molar-refractivity contribution in [1.29, 1.82) is 0 Å². The standard InChI is InChI=1S/C21H19ClN4O3/c1-13(16-5-7-17(22)8-6-16)23-25-20(27)12-29-18-9-3-15(4-10-18)11-19-14(2)24-26-21(19)28/h3-11H,12H2,1-2H3,(H,25,27)(H,26,28)/b19-11+,23-13-. The van der Waals surface area contributed by atoms with Crippen LogP contribution in [0, 0.1) is 0 Å². The fraction of sp³-hybridized carbons (Fsp3) is 0.143. The van der Waals surface area contributed by atoms with Crippen molar-refractivity contribution in [3.05, 3.63) is 70.3 Å². The highest BCUT2D eigenvalue weighted by Crippen LogP contribution is 2.16. The maximum Gasteiger partial charge on any atom is 0.277 e. The lowest BCUT2D eigenvalue weighted by Gasteiger charge is -2.06.